The Bertz CT molecular complexity index is 1160. The molecular formula is C48H88O15. The van der Waals surface area contributed by atoms with Crippen molar-refractivity contribution >= 4 is 11.9 Å². The average Bonchev–Trinajstić information content (AvgIpc) is 3.28. The van der Waals surface area contributed by atoms with E-state index in [0.717, 1.165) is 57.8 Å². The number of hydrogen-bond acceptors (Lipinski definition) is 15. The first-order chi connectivity index (χ1) is 30.5. The van der Waals surface area contributed by atoms with Crippen molar-refractivity contribution in [2.45, 2.75) is 255 Å². The quantitative estimate of drug-likeness (QED) is 0.0208. The minimum atomic E-state index is -1.76. The van der Waals surface area contributed by atoms with Gasteiger partial charge in [-0.1, -0.05) is 148 Å². The van der Waals surface area contributed by atoms with Crippen LogP contribution in [0, 0.1) is 0 Å². The average molecular weight is 905 g/mol. The van der Waals surface area contributed by atoms with Crippen LogP contribution >= 0.6 is 0 Å². The normalized spacial score (nSPS) is 26.9. The van der Waals surface area contributed by atoms with Crippen LogP contribution in [0.5, 0.6) is 0 Å². The Labute approximate surface area is 378 Å². The summed E-state index contributed by atoms with van der Waals surface area (Å²) < 4.78 is 33.5. The fourth-order valence-electron chi connectivity index (χ4n) is 7.86. The van der Waals surface area contributed by atoms with E-state index in [9.17, 15) is 45.3 Å². The zero-order valence-corrected chi connectivity index (χ0v) is 38.8. The summed E-state index contributed by atoms with van der Waals surface area (Å²) in [4.78, 5) is 25.7. The molecule has 0 saturated carbocycles. The molecule has 2 rings (SSSR count). The predicted molar refractivity (Wildman–Crippen MR) is 238 cm³/mol. The van der Waals surface area contributed by atoms with Gasteiger partial charge in [0.05, 0.1) is 19.8 Å². The highest BCUT2D eigenvalue weighted by molar-refractivity contribution is 5.70. The highest BCUT2D eigenvalue weighted by atomic mass is 16.7. The fraction of sp³-hybridized carbons (Fsp3) is 0.917. The molecule has 2 aliphatic heterocycles. The second kappa shape index (κ2) is 36.4. The molecule has 2 fully saturated rings. The van der Waals surface area contributed by atoms with Crippen molar-refractivity contribution in [1.29, 1.82) is 0 Å². The number of hydrogen-bond donors (Lipinski definition) is 7. The van der Waals surface area contributed by atoms with Gasteiger partial charge in [-0.25, -0.2) is 0 Å². The van der Waals surface area contributed by atoms with E-state index in [4.69, 9.17) is 28.4 Å². The van der Waals surface area contributed by atoms with Crippen LogP contribution in [-0.2, 0) is 38.0 Å². The first kappa shape index (κ1) is 57.4. The molecule has 15 heteroatoms. The topological polar surface area (TPSA) is 231 Å². The Kier molecular flexibility index (Phi) is 33.1. The van der Waals surface area contributed by atoms with Gasteiger partial charge in [0.2, 0.25) is 0 Å². The number of carbonyl (C=O) groups is 2. The lowest BCUT2D eigenvalue weighted by Crippen LogP contribution is -2.61. The summed E-state index contributed by atoms with van der Waals surface area (Å²) in [5.41, 5.74) is 0. The fourth-order valence-corrected chi connectivity index (χ4v) is 7.86. The van der Waals surface area contributed by atoms with Crippen LogP contribution in [0.2, 0.25) is 0 Å². The predicted octanol–water partition coefficient (Wildman–Crippen LogP) is 6.21. The van der Waals surface area contributed by atoms with E-state index in [0.29, 0.717) is 12.8 Å². The van der Waals surface area contributed by atoms with Crippen LogP contribution in [-0.4, -0.2) is 142 Å². The zero-order chi connectivity index (χ0) is 46.1. The number of aliphatic hydroxyl groups is 7. The molecule has 11 atom stereocenters. The summed E-state index contributed by atoms with van der Waals surface area (Å²) in [5.74, 6) is -0.928. The van der Waals surface area contributed by atoms with Crippen molar-refractivity contribution in [2.24, 2.45) is 0 Å². The van der Waals surface area contributed by atoms with E-state index in [1.807, 2.05) is 0 Å². The minimum Gasteiger partial charge on any atom is -0.462 e. The van der Waals surface area contributed by atoms with Gasteiger partial charge < -0.3 is 64.2 Å². The number of allylic oxidation sites excluding steroid dienone is 2. The van der Waals surface area contributed by atoms with Crippen molar-refractivity contribution in [1.82, 2.24) is 0 Å². The summed E-state index contributed by atoms with van der Waals surface area (Å²) in [6.07, 6.45) is 16.7. The third kappa shape index (κ3) is 25.1. The summed E-state index contributed by atoms with van der Waals surface area (Å²) in [7, 11) is 0. The molecule has 0 amide bonds. The largest absolute Gasteiger partial charge is 0.462 e. The molecule has 2 saturated heterocycles. The van der Waals surface area contributed by atoms with Crippen molar-refractivity contribution in [3.8, 4) is 0 Å². The summed E-state index contributed by atoms with van der Waals surface area (Å²) in [5, 5.41) is 71.9. The van der Waals surface area contributed by atoms with Gasteiger partial charge in [0.1, 0.15) is 55.4 Å². The molecule has 0 aliphatic carbocycles. The molecular weight excluding hydrogens is 817 g/mol. The Morgan fingerprint density at radius 3 is 1.43 bits per heavy atom. The molecule has 7 N–H and O–H groups in total. The smallest absolute Gasteiger partial charge is 0.306 e. The van der Waals surface area contributed by atoms with Crippen LogP contribution in [0.15, 0.2) is 12.2 Å². The molecule has 370 valence electrons. The van der Waals surface area contributed by atoms with E-state index in [-0.39, 0.29) is 26.1 Å². The van der Waals surface area contributed by atoms with Gasteiger partial charge in [0.25, 0.3) is 0 Å². The lowest BCUT2D eigenvalue weighted by Gasteiger charge is -2.42. The van der Waals surface area contributed by atoms with Crippen LogP contribution in [0.3, 0.4) is 0 Å². The molecule has 0 aromatic carbocycles. The van der Waals surface area contributed by atoms with E-state index in [1.165, 1.54) is 89.9 Å². The van der Waals surface area contributed by atoms with Crippen LogP contribution < -0.4 is 0 Å². The standard InChI is InChI=1S/C48H88O15/c1-3-5-7-9-11-13-15-17-18-19-21-22-24-26-28-30-39(50)58-33-36(61-40(51)31-29-27-25-23-20-16-14-12-10-8-6-4-2)34-59-47-46(57)44(55)42(53)38(63-47)35-60-48-45(56)43(54)41(52)37(32-49)62-48/h12,14,36-38,41-49,52-57H,3-11,13,15-35H2,1-2H3/b14-12-. The SMILES string of the molecule is CCCCC/C=C\CCCCCCCC(=O)OC(COC(=O)CCCCCCCCCCCCCCCCC)COC1OC(COC2OC(CO)C(O)C(O)C2O)C(O)C(O)C1O. The van der Waals surface area contributed by atoms with Gasteiger partial charge in [-0.2, -0.15) is 0 Å². The Balaban J connectivity index is 1.82. The molecule has 0 aromatic rings. The van der Waals surface area contributed by atoms with Crippen molar-refractivity contribution in [3.05, 3.63) is 12.2 Å². The first-order valence-corrected chi connectivity index (χ1v) is 24.8. The van der Waals surface area contributed by atoms with Gasteiger partial charge in [-0.05, 0) is 38.5 Å². The molecule has 0 radical (unpaired) electrons. The van der Waals surface area contributed by atoms with Gasteiger partial charge in [0.15, 0.2) is 18.7 Å². The van der Waals surface area contributed by atoms with Crippen LogP contribution in [0.1, 0.15) is 187 Å². The summed E-state index contributed by atoms with van der Waals surface area (Å²) >= 11 is 0. The monoisotopic (exact) mass is 905 g/mol. The number of aliphatic hydroxyl groups excluding tert-OH is 7. The van der Waals surface area contributed by atoms with E-state index >= 15 is 0 Å². The maximum Gasteiger partial charge on any atom is 0.306 e. The Hall–Kier alpha value is -1.76. The van der Waals surface area contributed by atoms with Gasteiger partial charge in [-0.3, -0.25) is 9.59 Å². The zero-order valence-electron chi connectivity index (χ0n) is 38.8. The van der Waals surface area contributed by atoms with Crippen LogP contribution in [0.25, 0.3) is 0 Å². The summed E-state index contributed by atoms with van der Waals surface area (Å²) in [6.45, 7) is 2.56. The molecule has 0 aromatic heterocycles. The molecule has 2 heterocycles. The third-order valence-electron chi connectivity index (χ3n) is 12.0. The van der Waals surface area contributed by atoms with E-state index in [2.05, 4.69) is 26.0 Å². The molecule has 15 nitrogen and oxygen atoms in total. The van der Waals surface area contributed by atoms with Crippen molar-refractivity contribution in [2.75, 3.05) is 26.4 Å². The molecule has 11 unspecified atom stereocenters. The number of esters is 2. The third-order valence-corrected chi connectivity index (χ3v) is 12.0. The number of unbranched alkanes of at least 4 members (excludes halogenated alkanes) is 22. The van der Waals surface area contributed by atoms with Crippen molar-refractivity contribution < 1.29 is 73.8 Å². The maximum absolute atomic E-state index is 12.9. The highest BCUT2D eigenvalue weighted by Crippen LogP contribution is 2.26. The minimum absolute atomic E-state index is 0.158. The van der Waals surface area contributed by atoms with E-state index < -0.39 is 92.7 Å². The Morgan fingerprint density at radius 1 is 0.492 bits per heavy atom. The second-order valence-electron chi connectivity index (χ2n) is 17.6. The van der Waals surface area contributed by atoms with E-state index in [1.54, 1.807) is 0 Å². The molecule has 2 aliphatic rings. The lowest BCUT2D eigenvalue weighted by atomic mass is 9.98. The second-order valence-corrected chi connectivity index (χ2v) is 17.6. The van der Waals surface area contributed by atoms with Crippen molar-refractivity contribution in [3.63, 3.8) is 0 Å². The molecule has 0 bridgehead atoms. The highest BCUT2D eigenvalue weighted by Gasteiger charge is 2.47. The van der Waals surface area contributed by atoms with Crippen LogP contribution in [0.4, 0.5) is 0 Å². The molecule has 0 spiro atoms. The Morgan fingerprint density at radius 2 is 0.905 bits per heavy atom. The molecule has 63 heavy (non-hydrogen) atoms. The summed E-state index contributed by atoms with van der Waals surface area (Å²) in [6, 6.07) is 0. The van der Waals surface area contributed by atoms with Gasteiger partial charge in [0, 0.05) is 12.8 Å². The lowest BCUT2D eigenvalue weighted by molar-refractivity contribution is -0.332. The van der Waals surface area contributed by atoms with Gasteiger partial charge >= 0.3 is 11.9 Å². The number of rotatable bonds is 38. The number of carbonyl (C=O) groups excluding carboxylic acids is 2. The van der Waals surface area contributed by atoms with Gasteiger partial charge in [-0.15, -0.1) is 0 Å². The maximum atomic E-state index is 12.9. The first-order valence-electron chi connectivity index (χ1n) is 24.8. The number of ether oxygens (including phenoxy) is 6.